The maximum Gasteiger partial charge on any atom is 0.125 e. The molecule has 1 aliphatic heterocycles. The maximum absolute atomic E-state index is 6.39. The van der Waals surface area contributed by atoms with Gasteiger partial charge in [0.1, 0.15) is 5.75 Å². The lowest BCUT2D eigenvalue weighted by molar-refractivity contribution is 0.352. The van der Waals surface area contributed by atoms with Gasteiger partial charge in [0.25, 0.3) is 0 Å². The van der Waals surface area contributed by atoms with Crippen LogP contribution in [0.5, 0.6) is 5.75 Å². The normalized spacial score (nSPS) is 15.0. The average Bonchev–Trinajstić information content (AvgIpc) is 2.97. The fourth-order valence-electron chi connectivity index (χ4n) is 2.62. The van der Waals surface area contributed by atoms with E-state index in [0.29, 0.717) is 0 Å². The maximum atomic E-state index is 6.39. The smallest absolute Gasteiger partial charge is 0.125 e. The van der Waals surface area contributed by atoms with Crippen LogP contribution in [-0.4, -0.2) is 6.61 Å². The van der Waals surface area contributed by atoms with Gasteiger partial charge >= 0.3 is 0 Å². The summed E-state index contributed by atoms with van der Waals surface area (Å²) < 4.78 is 6.89. The third-order valence-electron chi connectivity index (χ3n) is 3.82. The number of hydrogen-bond acceptors (Lipinski definition) is 3. The summed E-state index contributed by atoms with van der Waals surface area (Å²) in [6, 6.07) is 6.53. The molecule has 2 heterocycles. The van der Waals surface area contributed by atoms with E-state index >= 15 is 0 Å². The largest absolute Gasteiger partial charge is 0.493 e. The van der Waals surface area contributed by atoms with Crippen LogP contribution in [0.15, 0.2) is 22.7 Å². The minimum Gasteiger partial charge on any atom is -0.493 e. The lowest BCUT2D eigenvalue weighted by Gasteiger charge is -2.13. The van der Waals surface area contributed by atoms with Crippen molar-refractivity contribution in [2.75, 3.05) is 6.61 Å². The second-order valence-electron chi connectivity index (χ2n) is 5.35. The Labute approximate surface area is 132 Å². The van der Waals surface area contributed by atoms with Gasteiger partial charge < -0.3 is 10.5 Å². The van der Waals surface area contributed by atoms with Crippen molar-refractivity contribution in [3.8, 4) is 5.75 Å². The summed E-state index contributed by atoms with van der Waals surface area (Å²) >= 11 is 5.39. The Kier molecular flexibility index (Phi) is 3.89. The molecule has 2 nitrogen and oxygen atoms in total. The van der Waals surface area contributed by atoms with Gasteiger partial charge in [-0.3, -0.25) is 0 Å². The Morgan fingerprint density at radius 2 is 2.15 bits per heavy atom. The third-order valence-corrected chi connectivity index (χ3v) is 5.56. The summed E-state index contributed by atoms with van der Waals surface area (Å²) in [7, 11) is 0. The number of aryl methyl sites for hydroxylation is 2. The van der Waals surface area contributed by atoms with E-state index < -0.39 is 0 Å². The SMILES string of the molecule is Cc1cc(C(N)Cc2cc(Br)cc3c2OCC3)sc1C. The Morgan fingerprint density at radius 3 is 2.85 bits per heavy atom. The molecular formula is C16H18BrNOS. The molecule has 0 aliphatic carbocycles. The van der Waals surface area contributed by atoms with Gasteiger partial charge in [-0.25, -0.2) is 0 Å². The van der Waals surface area contributed by atoms with Crippen molar-refractivity contribution >= 4 is 27.3 Å². The minimum absolute atomic E-state index is 0.0370. The zero-order valence-corrected chi connectivity index (χ0v) is 14.1. The molecule has 1 aromatic heterocycles. The molecule has 1 aromatic carbocycles. The average molecular weight is 352 g/mol. The van der Waals surface area contributed by atoms with Crippen LogP contribution < -0.4 is 10.5 Å². The molecule has 106 valence electrons. The zero-order chi connectivity index (χ0) is 14.3. The number of fused-ring (bicyclic) bond motifs is 1. The van der Waals surface area contributed by atoms with Crippen LogP contribution in [0.4, 0.5) is 0 Å². The van der Waals surface area contributed by atoms with E-state index in [1.807, 2.05) is 0 Å². The van der Waals surface area contributed by atoms with Crippen LogP contribution in [0.2, 0.25) is 0 Å². The van der Waals surface area contributed by atoms with Crippen molar-refractivity contribution < 1.29 is 4.74 Å². The molecule has 0 amide bonds. The van der Waals surface area contributed by atoms with Gasteiger partial charge in [0.15, 0.2) is 0 Å². The summed E-state index contributed by atoms with van der Waals surface area (Å²) in [6.45, 7) is 5.07. The highest BCUT2D eigenvalue weighted by Crippen LogP contribution is 2.36. The first-order chi connectivity index (χ1) is 9.54. The number of rotatable bonds is 3. The van der Waals surface area contributed by atoms with Gasteiger partial charge in [-0.15, -0.1) is 11.3 Å². The van der Waals surface area contributed by atoms with Crippen molar-refractivity contribution in [3.05, 3.63) is 49.1 Å². The minimum atomic E-state index is 0.0370. The van der Waals surface area contributed by atoms with Crippen molar-refractivity contribution in [2.45, 2.75) is 32.7 Å². The Hall–Kier alpha value is -0.840. The van der Waals surface area contributed by atoms with E-state index in [2.05, 4.69) is 48.0 Å². The van der Waals surface area contributed by atoms with Crippen LogP contribution in [0.3, 0.4) is 0 Å². The molecule has 4 heteroatoms. The molecule has 1 aliphatic rings. The van der Waals surface area contributed by atoms with E-state index in [0.717, 1.165) is 29.7 Å². The number of benzene rings is 1. The third kappa shape index (κ3) is 2.65. The summed E-state index contributed by atoms with van der Waals surface area (Å²) in [6.07, 6.45) is 1.81. The van der Waals surface area contributed by atoms with Crippen LogP contribution in [0.1, 0.15) is 32.5 Å². The van der Waals surface area contributed by atoms with Gasteiger partial charge in [-0.1, -0.05) is 15.9 Å². The Balaban J connectivity index is 1.88. The van der Waals surface area contributed by atoms with E-state index in [1.165, 1.54) is 26.4 Å². The van der Waals surface area contributed by atoms with Crippen molar-refractivity contribution in [1.82, 2.24) is 0 Å². The zero-order valence-electron chi connectivity index (χ0n) is 11.7. The van der Waals surface area contributed by atoms with Crippen LogP contribution >= 0.6 is 27.3 Å². The molecule has 0 bridgehead atoms. The Bertz CT molecular complexity index is 631. The van der Waals surface area contributed by atoms with E-state index in [-0.39, 0.29) is 6.04 Å². The summed E-state index contributed by atoms with van der Waals surface area (Å²) in [5.41, 5.74) is 10.2. The molecule has 0 fully saturated rings. The van der Waals surface area contributed by atoms with Crippen molar-refractivity contribution in [2.24, 2.45) is 5.73 Å². The van der Waals surface area contributed by atoms with E-state index in [9.17, 15) is 0 Å². The highest BCUT2D eigenvalue weighted by atomic mass is 79.9. The number of halogens is 1. The quantitative estimate of drug-likeness (QED) is 0.894. The summed E-state index contributed by atoms with van der Waals surface area (Å²) in [5.74, 6) is 1.05. The standard InChI is InChI=1S/C16H18BrNOS/c1-9-5-15(20-10(9)2)14(18)8-12-7-13(17)6-11-3-4-19-16(11)12/h5-7,14H,3-4,8,18H2,1-2H3. The number of nitrogens with two attached hydrogens (primary N) is 1. The van der Waals surface area contributed by atoms with Gasteiger partial charge in [-0.2, -0.15) is 0 Å². The van der Waals surface area contributed by atoms with E-state index in [4.69, 9.17) is 10.5 Å². The molecule has 0 radical (unpaired) electrons. The fourth-order valence-corrected chi connectivity index (χ4v) is 4.22. The van der Waals surface area contributed by atoms with Gasteiger partial charge in [0.2, 0.25) is 0 Å². The Morgan fingerprint density at radius 1 is 1.35 bits per heavy atom. The first-order valence-electron chi connectivity index (χ1n) is 6.81. The predicted octanol–water partition coefficient (Wildman–Crippen LogP) is 4.30. The molecule has 3 rings (SSSR count). The molecule has 20 heavy (non-hydrogen) atoms. The first-order valence-corrected chi connectivity index (χ1v) is 8.42. The van der Waals surface area contributed by atoms with Crippen LogP contribution in [0.25, 0.3) is 0 Å². The second kappa shape index (κ2) is 5.51. The fraction of sp³-hybridized carbons (Fsp3) is 0.375. The molecule has 2 aromatic rings. The molecule has 0 spiro atoms. The molecule has 0 saturated heterocycles. The van der Waals surface area contributed by atoms with E-state index in [1.54, 1.807) is 11.3 Å². The first kappa shape index (κ1) is 14.1. The highest BCUT2D eigenvalue weighted by molar-refractivity contribution is 9.10. The van der Waals surface area contributed by atoms with Crippen molar-refractivity contribution in [1.29, 1.82) is 0 Å². The van der Waals surface area contributed by atoms with Crippen LogP contribution in [-0.2, 0) is 12.8 Å². The lowest BCUT2D eigenvalue weighted by Crippen LogP contribution is -2.12. The van der Waals surface area contributed by atoms with Crippen LogP contribution in [0, 0.1) is 13.8 Å². The predicted molar refractivity (Wildman–Crippen MR) is 87.8 cm³/mol. The molecule has 1 unspecified atom stereocenters. The van der Waals surface area contributed by atoms with Gasteiger partial charge in [0.05, 0.1) is 6.61 Å². The highest BCUT2D eigenvalue weighted by Gasteiger charge is 2.20. The molecular weight excluding hydrogens is 334 g/mol. The molecule has 0 saturated carbocycles. The van der Waals surface area contributed by atoms with Gasteiger partial charge in [-0.05, 0) is 55.2 Å². The van der Waals surface area contributed by atoms with Crippen molar-refractivity contribution in [3.63, 3.8) is 0 Å². The molecule has 1 atom stereocenters. The monoisotopic (exact) mass is 351 g/mol. The number of hydrogen-bond donors (Lipinski definition) is 1. The second-order valence-corrected chi connectivity index (χ2v) is 7.55. The number of ether oxygens (including phenoxy) is 1. The lowest BCUT2D eigenvalue weighted by atomic mass is 10.0. The summed E-state index contributed by atoms with van der Waals surface area (Å²) in [5, 5.41) is 0. The molecule has 2 N–H and O–H groups in total. The number of thiophene rings is 1. The topological polar surface area (TPSA) is 35.2 Å². The summed E-state index contributed by atoms with van der Waals surface area (Å²) in [4.78, 5) is 2.61. The van der Waals surface area contributed by atoms with Gasteiger partial charge in [0, 0.05) is 26.7 Å².